The predicted molar refractivity (Wildman–Crippen MR) is 113 cm³/mol. The first-order valence-electron chi connectivity index (χ1n) is 9.24. The summed E-state index contributed by atoms with van der Waals surface area (Å²) >= 11 is 5.27. The van der Waals surface area contributed by atoms with Crippen LogP contribution in [-0.2, 0) is 9.53 Å². The van der Waals surface area contributed by atoms with E-state index >= 15 is 0 Å². The van der Waals surface area contributed by atoms with Crippen LogP contribution in [0, 0.1) is 5.92 Å². The monoisotopic (exact) mass is 404 g/mol. The SMILES string of the molecule is C=CCOC(=O)C1=C(C)NC(=S)N[C@H]1c1ccc(OCCC(C)C)c(OC)c1. The lowest BCUT2D eigenvalue weighted by Crippen LogP contribution is -2.45. The number of esters is 1. The van der Waals surface area contributed by atoms with Crippen LogP contribution in [0.4, 0.5) is 0 Å². The molecule has 1 aliphatic rings. The van der Waals surface area contributed by atoms with Crippen molar-refractivity contribution >= 4 is 23.3 Å². The summed E-state index contributed by atoms with van der Waals surface area (Å²) in [6, 6.07) is 5.14. The van der Waals surface area contributed by atoms with Gasteiger partial charge in [0, 0.05) is 5.70 Å². The second-order valence-electron chi connectivity index (χ2n) is 6.90. The molecule has 1 atom stereocenters. The molecule has 0 unspecified atom stereocenters. The van der Waals surface area contributed by atoms with Crippen molar-refractivity contribution in [2.45, 2.75) is 33.2 Å². The molecule has 0 spiro atoms. The molecule has 1 aromatic carbocycles. The quantitative estimate of drug-likeness (QED) is 0.370. The van der Waals surface area contributed by atoms with Crippen molar-refractivity contribution in [1.82, 2.24) is 10.6 Å². The fourth-order valence-corrected chi connectivity index (χ4v) is 3.09. The molecule has 0 amide bonds. The third-order valence-corrected chi connectivity index (χ3v) is 4.52. The number of hydrogen-bond acceptors (Lipinski definition) is 5. The van der Waals surface area contributed by atoms with Gasteiger partial charge in [-0.05, 0) is 49.2 Å². The fourth-order valence-electron chi connectivity index (χ4n) is 2.81. The van der Waals surface area contributed by atoms with E-state index in [1.807, 2.05) is 18.2 Å². The minimum atomic E-state index is -0.454. The molecule has 0 bridgehead atoms. The van der Waals surface area contributed by atoms with Gasteiger partial charge in [-0.15, -0.1) is 0 Å². The van der Waals surface area contributed by atoms with Gasteiger partial charge in [0.1, 0.15) is 6.61 Å². The maximum absolute atomic E-state index is 12.6. The maximum atomic E-state index is 12.6. The molecular weight excluding hydrogens is 376 g/mol. The Hall–Kier alpha value is -2.54. The van der Waals surface area contributed by atoms with Crippen LogP contribution in [0.3, 0.4) is 0 Å². The van der Waals surface area contributed by atoms with Crippen LogP contribution in [-0.4, -0.2) is 31.4 Å². The summed E-state index contributed by atoms with van der Waals surface area (Å²) in [6.07, 6.45) is 2.49. The van der Waals surface area contributed by atoms with Gasteiger partial charge in [0.25, 0.3) is 0 Å². The van der Waals surface area contributed by atoms with Gasteiger partial charge in [-0.25, -0.2) is 4.79 Å². The number of ether oxygens (including phenoxy) is 3. The standard InChI is InChI=1S/C21H28N2O4S/c1-6-10-27-20(24)18-14(4)22-21(28)23-19(18)15-7-8-16(17(12-15)25-5)26-11-9-13(2)3/h6-8,12-13,19H,1,9-11H2,2-5H3,(H2,22,23,28)/t19-/m0/s1. The summed E-state index contributed by atoms with van der Waals surface area (Å²) in [4.78, 5) is 12.6. The number of hydrogen-bond donors (Lipinski definition) is 2. The highest BCUT2D eigenvalue weighted by molar-refractivity contribution is 7.80. The number of allylic oxidation sites excluding steroid dienone is 1. The Morgan fingerprint density at radius 3 is 2.75 bits per heavy atom. The van der Waals surface area contributed by atoms with E-state index in [0.717, 1.165) is 12.0 Å². The fraction of sp³-hybridized carbons (Fsp3) is 0.429. The summed E-state index contributed by atoms with van der Waals surface area (Å²) in [7, 11) is 1.59. The number of methoxy groups -OCH3 is 1. The molecule has 0 saturated heterocycles. The van der Waals surface area contributed by atoms with Crippen LogP contribution >= 0.6 is 12.2 Å². The smallest absolute Gasteiger partial charge is 0.338 e. The molecule has 7 heteroatoms. The van der Waals surface area contributed by atoms with Gasteiger partial charge < -0.3 is 24.8 Å². The van der Waals surface area contributed by atoms with E-state index in [1.54, 1.807) is 14.0 Å². The molecule has 2 rings (SSSR count). The van der Waals surface area contributed by atoms with Crippen LogP contribution in [0.15, 0.2) is 42.1 Å². The molecular formula is C21H28N2O4S. The Balaban J connectivity index is 2.32. The molecule has 152 valence electrons. The molecule has 1 aliphatic heterocycles. The molecule has 2 N–H and O–H groups in total. The lowest BCUT2D eigenvalue weighted by molar-refractivity contribution is -0.138. The molecule has 0 saturated carbocycles. The minimum absolute atomic E-state index is 0.138. The zero-order valence-corrected chi connectivity index (χ0v) is 17.7. The molecule has 6 nitrogen and oxygen atoms in total. The van der Waals surface area contributed by atoms with Gasteiger partial charge in [-0.2, -0.15) is 0 Å². The van der Waals surface area contributed by atoms with Crippen molar-refractivity contribution in [2.75, 3.05) is 20.3 Å². The number of benzene rings is 1. The van der Waals surface area contributed by atoms with Crippen molar-refractivity contribution in [2.24, 2.45) is 5.92 Å². The first-order chi connectivity index (χ1) is 13.4. The summed E-state index contributed by atoms with van der Waals surface area (Å²) in [5.74, 6) is 1.40. The van der Waals surface area contributed by atoms with Crippen molar-refractivity contribution in [1.29, 1.82) is 0 Å². The highest BCUT2D eigenvalue weighted by Crippen LogP contribution is 2.34. The van der Waals surface area contributed by atoms with Crippen molar-refractivity contribution in [3.63, 3.8) is 0 Å². The number of nitrogens with one attached hydrogen (secondary N) is 2. The van der Waals surface area contributed by atoms with Crippen LogP contribution in [0.2, 0.25) is 0 Å². The van der Waals surface area contributed by atoms with Crippen molar-refractivity contribution in [3.05, 3.63) is 47.7 Å². The van der Waals surface area contributed by atoms with Crippen LogP contribution in [0.25, 0.3) is 0 Å². The predicted octanol–water partition coefficient (Wildman–Crippen LogP) is 3.64. The molecule has 0 aromatic heterocycles. The summed E-state index contributed by atoms with van der Waals surface area (Å²) < 4.78 is 16.6. The highest BCUT2D eigenvalue weighted by atomic mass is 32.1. The summed E-state index contributed by atoms with van der Waals surface area (Å²) in [6.45, 7) is 10.4. The Kier molecular flexibility index (Phi) is 7.87. The first kappa shape index (κ1) is 21.8. The van der Waals surface area contributed by atoms with E-state index in [1.165, 1.54) is 6.08 Å². The number of rotatable bonds is 9. The van der Waals surface area contributed by atoms with Gasteiger partial charge in [0.15, 0.2) is 16.6 Å². The largest absolute Gasteiger partial charge is 0.493 e. The third kappa shape index (κ3) is 5.48. The van der Waals surface area contributed by atoms with Gasteiger partial charge in [-0.3, -0.25) is 0 Å². The van der Waals surface area contributed by atoms with E-state index in [4.69, 9.17) is 26.4 Å². The summed E-state index contributed by atoms with van der Waals surface area (Å²) in [5, 5.41) is 6.56. The maximum Gasteiger partial charge on any atom is 0.338 e. The van der Waals surface area contributed by atoms with Gasteiger partial charge in [0.05, 0.1) is 25.3 Å². The van der Waals surface area contributed by atoms with Crippen molar-refractivity contribution in [3.8, 4) is 11.5 Å². The number of carbonyl (C=O) groups is 1. The van der Waals surface area contributed by atoms with Crippen LogP contribution in [0.5, 0.6) is 11.5 Å². The Labute approximate surface area is 171 Å². The number of carbonyl (C=O) groups excluding carboxylic acids is 1. The third-order valence-electron chi connectivity index (χ3n) is 4.30. The first-order valence-corrected chi connectivity index (χ1v) is 9.65. The topological polar surface area (TPSA) is 68.8 Å². The second-order valence-corrected chi connectivity index (χ2v) is 7.31. The van der Waals surface area contributed by atoms with Crippen molar-refractivity contribution < 1.29 is 19.0 Å². The Morgan fingerprint density at radius 2 is 2.11 bits per heavy atom. The van der Waals surface area contributed by atoms with Crippen LogP contribution < -0.4 is 20.1 Å². The lowest BCUT2D eigenvalue weighted by atomic mass is 9.95. The van der Waals surface area contributed by atoms with E-state index in [2.05, 4.69) is 31.1 Å². The molecule has 1 aromatic rings. The van der Waals surface area contributed by atoms with E-state index in [0.29, 0.717) is 40.4 Å². The zero-order valence-electron chi connectivity index (χ0n) is 16.8. The van der Waals surface area contributed by atoms with Gasteiger partial charge in [-0.1, -0.05) is 32.6 Å². The minimum Gasteiger partial charge on any atom is -0.493 e. The Bertz CT molecular complexity index is 774. The normalized spacial score (nSPS) is 16.3. The average Bonchev–Trinajstić information content (AvgIpc) is 2.65. The lowest BCUT2D eigenvalue weighted by Gasteiger charge is -2.30. The van der Waals surface area contributed by atoms with Crippen LogP contribution in [0.1, 0.15) is 38.8 Å². The molecule has 1 heterocycles. The molecule has 0 fully saturated rings. The molecule has 0 aliphatic carbocycles. The van der Waals surface area contributed by atoms with E-state index in [9.17, 15) is 4.79 Å². The molecule has 0 radical (unpaired) electrons. The number of thiocarbonyl (C=S) groups is 1. The van der Waals surface area contributed by atoms with E-state index < -0.39 is 12.0 Å². The van der Waals surface area contributed by atoms with Gasteiger partial charge >= 0.3 is 5.97 Å². The summed E-state index contributed by atoms with van der Waals surface area (Å²) in [5.41, 5.74) is 1.94. The van der Waals surface area contributed by atoms with E-state index in [-0.39, 0.29) is 6.61 Å². The Morgan fingerprint density at radius 1 is 1.36 bits per heavy atom. The molecule has 28 heavy (non-hydrogen) atoms. The average molecular weight is 405 g/mol. The highest BCUT2D eigenvalue weighted by Gasteiger charge is 2.31. The van der Waals surface area contributed by atoms with Gasteiger partial charge in [0.2, 0.25) is 0 Å². The zero-order chi connectivity index (χ0) is 20.7. The second kappa shape index (κ2) is 10.1.